The maximum Gasteiger partial charge on any atom is 0.327 e. The molecule has 0 spiro atoms. The number of nitrogens with zero attached hydrogens (tertiary/aromatic N) is 1. The van der Waals surface area contributed by atoms with E-state index < -0.39 is 63.2 Å². The highest BCUT2D eigenvalue weighted by Gasteiger charge is 2.42. The zero-order valence-electron chi connectivity index (χ0n) is 20.8. The fraction of sp³-hybridized carbons (Fsp3) is 0.522. The number of carboxylic acid groups (broad SMARTS) is 1. The number of aliphatic carboxylic acids is 1. The summed E-state index contributed by atoms with van der Waals surface area (Å²) in [6, 6.07) is 3.72. The molecule has 1 aromatic carbocycles. The lowest BCUT2D eigenvalue weighted by molar-refractivity contribution is -0.148. The monoisotopic (exact) mass is 527 g/mol. The topological polar surface area (TPSA) is 190 Å². The largest absolute Gasteiger partial charge is 0.480 e. The minimum Gasteiger partial charge on any atom is -0.480 e. The Kier molecular flexibility index (Phi) is 11.0. The third-order valence-electron chi connectivity index (χ3n) is 5.07. The molecule has 0 aliphatic heterocycles. The number of urea groups is 1. The normalized spacial score (nSPS) is 14.0. The van der Waals surface area contributed by atoms with Gasteiger partial charge in [-0.2, -0.15) is 8.42 Å². The molecule has 0 aliphatic rings. The predicted molar refractivity (Wildman–Crippen MR) is 129 cm³/mol. The van der Waals surface area contributed by atoms with Gasteiger partial charge in [-0.25, -0.2) is 14.5 Å². The van der Waals surface area contributed by atoms with Gasteiger partial charge >= 0.3 is 28.1 Å². The van der Waals surface area contributed by atoms with E-state index in [0.717, 1.165) is 6.92 Å². The second-order valence-electron chi connectivity index (χ2n) is 9.01. The van der Waals surface area contributed by atoms with Crippen molar-refractivity contribution in [1.82, 2.24) is 10.2 Å². The van der Waals surface area contributed by atoms with E-state index in [1.165, 1.54) is 13.8 Å². The van der Waals surface area contributed by atoms with E-state index >= 15 is 0 Å². The number of hydrogen-bond donors (Lipinski definition) is 3. The van der Waals surface area contributed by atoms with Crippen molar-refractivity contribution in [1.29, 1.82) is 0 Å². The Balaban J connectivity index is 3.39. The van der Waals surface area contributed by atoms with Crippen molar-refractivity contribution in [2.75, 3.05) is 0 Å². The van der Waals surface area contributed by atoms with Crippen molar-refractivity contribution in [3.8, 4) is 0 Å². The molecule has 4 N–H and O–H groups in total. The second-order valence-corrected chi connectivity index (χ2v) is 10.7. The van der Waals surface area contributed by atoms with Crippen LogP contribution in [-0.4, -0.2) is 65.5 Å². The van der Waals surface area contributed by atoms with Gasteiger partial charge in [0.05, 0.1) is 0 Å². The second kappa shape index (κ2) is 13.0. The first-order chi connectivity index (χ1) is 16.6. The average Bonchev–Trinajstić information content (AvgIpc) is 2.71. The minimum absolute atomic E-state index is 0.0650. The molecule has 0 aromatic heterocycles. The summed E-state index contributed by atoms with van der Waals surface area (Å²) in [5.41, 5.74) is 5.91. The summed E-state index contributed by atoms with van der Waals surface area (Å²) >= 11 is 0. The van der Waals surface area contributed by atoms with Crippen LogP contribution in [0.4, 0.5) is 4.79 Å². The molecule has 200 valence electrons. The fourth-order valence-electron chi connectivity index (χ4n) is 3.64. The highest BCUT2D eigenvalue weighted by atomic mass is 32.2. The molecule has 0 radical (unpaired) electrons. The van der Waals surface area contributed by atoms with Crippen LogP contribution in [0, 0.1) is 11.8 Å². The molecule has 4 amide bonds. The van der Waals surface area contributed by atoms with Crippen LogP contribution in [0.25, 0.3) is 0 Å². The van der Waals surface area contributed by atoms with Gasteiger partial charge in [-0.15, -0.1) is 0 Å². The van der Waals surface area contributed by atoms with E-state index in [9.17, 15) is 37.5 Å². The van der Waals surface area contributed by atoms with Crippen LogP contribution in [0.2, 0.25) is 0 Å². The number of carbonyl (C=O) groups is 5. The first-order valence-corrected chi connectivity index (χ1v) is 12.7. The van der Waals surface area contributed by atoms with E-state index in [4.69, 9.17) is 5.73 Å². The molecule has 0 fully saturated rings. The average molecular weight is 528 g/mol. The van der Waals surface area contributed by atoms with Crippen molar-refractivity contribution < 1.29 is 41.7 Å². The summed E-state index contributed by atoms with van der Waals surface area (Å²) in [7, 11) is -4.70. The van der Waals surface area contributed by atoms with Crippen molar-refractivity contribution in [3.63, 3.8) is 0 Å². The van der Waals surface area contributed by atoms with E-state index in [1.54, 1.807) is 44.2 Å². The summed E-state index contributed by atoms with van der Waals surface area (Å²) < 4.78 is 29.3. The summed E-state index contributed by atoms with van der Waals surface area (Å²) in [6.45, 7) is 7.08. The van der Waals surface area contributed by atoms with Gasteiger partial charge in [-0.05, 0) is 23.8 Å². The summed E-state index contributed by atoms with van der Waals surface area (Å²) in [6.07, 6.45) is -0.312. The summed E-state index contributed by atoms with van der Waals surface area (Å²) in [5.74, 6) is -6.01. The fourth-order valence-corrected chi connectivity index (χ4v) is 5.07. The molecule has 13 heteroatoms. The van der Waals surface area contributed by atoms with Crippen molar-refractivity contribution in [2.45, 2.75) is 64.8 Å². The molecule has 1 aromatic rings. The SMILES string of the molecule is CC(=O)OS(=O)(=O)C(C(=O)N[C@@H](CC(C)C)C(=O)N(C(N)=O)C(Cc1ccccc1)C(=O)O)C(C)C. The maximum atomic E-state index is 13.4. The standard InChI is InChI=1S/C23H33N3O9S/c1-13(2)11-17(25-20(28)19(14(3)4)36(33,34)35-15(5)27)21(29)26(23(24)32)18(22(30)31)12-16-9-7-6-8-10-16/h6-10,13-14,17-19H,11-12H2,1-5H3,(H2,24,32)(H,25,28)(H,30,31)/t17-,18?,19?/m0/s1. The van der Waals surface area contributed by atoms with Crippen LogP contribution in [0.1, 0.15) is 46.6 Å². The highest BCUT2D eigenvalue weighted by Crippen LogP contribution is 2.19. The van der Waals surface area contributed by atoms with Gasteiger partial charge in [0.2, 0.25) is 5.91 Å². The number of carboxylic acids is 1. The Morgan fingerprint density at radius 2 is 1.61 bits per heavy atom. The molecule has 0 aliphatic carbocycles. The first kappa shape index (κ1) is 30.6. The molecule has 36 heavy (non-hydrogen) atoms. The molecule has 3 atom stereocenters. The van der Waals surface area contributed by atoms with Crippen LogP contribution < -0.4 is 11.1 Å². The van der Waals surface area contributed by atoms with E-state index in [-0.39, 0.29) is 18.8 Å². The Morgan fingerprint density at radius 3 is 2.03 bits per heavy atom. The van der Waals surface area contributed by atoms with E-state index in [2.05, 4.69) is 9.50 Å². The molecule has 0 heterocycles. The molecule has 0 saturated heterocycles. The number of amides is 4. The smallest absolute Gasteiger partial charge is 0.327 e. The van der Waals surface area contributed by atoms with Gasteiger partial charge in [0.15, 0.2) is 5.25 Å². The van der Waals surface area contributed by atoms with E-state index in [0.29, 0.717) is 10.5 Å². The third kappa shape index (κ3) is 8.63. The van der Waals surface area contributed by atoms with Crippen molar-refractivity contribution >= 4 is 39.9 Å². The Labute approximate surface area is 210 Å². The van der Waals surface area contributed by atoms with Crippen molar-refractivity contribution in [3.05, 3.63) is 35.9 Å². The minimum atomic E-state index is -4.70. The van der Waals surface area contributed by atoms with E-state index in [1.807, 2.05) is 0 Å². The summed E-state index contributed by atoms with van der Waals surface area (Å²) in [4.78, 5) is 62.3. The number of nitrogens with one attached hydrogen (secondary N) is 1. The molecule has 0 bridgehead atoms. The van der Waals surface area contributed by atoms with Crippen LogP contribution in [0.15, 0.2) is 30.3 Å². The van der Waals surface area contributed by atoms with Gasteiger partial charge < -0.3 is 20.3 Å². The van der Waals surface area contributed by atoms with Gasteiger partial charge in [-0.3, -0.25) is 14.4 Å². The number of hydrogen-bond acceptors (Lipinski definition) is 8. The number of carbonyl (C=O) groups excluding carboxylic acids is 4. The Hall–Kier alpha value is -3.48. The Bertz CT molecular complexity index is 1070. The van der Waals surface area contributed by atoms with Gasteiger partial charge in [0.25, 0.3) is 5.91 Å². The molecule has 2 unspecified atom stereocenters. The highest BCUT2D eigenvalue weighted by molar-refractivity contribution is 7.88. The first-order valence-electron chi connectivity index (χ1n) is 11.2. The number of primary amides is 1. The third-order valence-corrected chi connectivity index (χ3v) is 6.92. The van der Waals surface area contributed by atoms with Crippen LogP contribution in [-0.2, 0) is 39.9 Å². The van der Waals surface area contributed by atoms with Gasteiger partial charge in [0.1, 0.15) is 12.1 Å². The van der Waals surface area contributed by atoms with Crippen LogP contribution in [0.3, 0.4) is 0 Å². The van der Waals surface area contributed by atoms with Gasteiger partial charge in [-0.1, -0.05) is 58.0 Å². The molecular formula is C23H33N3O9S. The zero-order chi connectivity index (χ0) is 27.8. The number of rotatable bonds is 12. The predicted octanol–water partition coefficient (Wildman–Crippen LogP) is 1.04. The lowest BCUT2D eigenvalue weighted by atomic mass is 9.99. The zero-order valence-corrected chi connectivity index (χ0v) is 21.7. The van der Waals surface area contributed by atoms with Crippen LogP contribution >= 0.6 is 0 Å². The van der Waals surface area contributed by atoms with Crippen LogP contribution in [0.5, 0.6) is 0 Å². The van der Waals surface area contributed by atoms with Crippen molar-refractivity contribution in [2.24, 2.45) is 17.6 Å². The number of imide groups is 1. The number of benzene rings is 1. The number of nitrogens with two attached hydrogens (primary N) is 1. The molecular weight excluding hydrogens is 494 g/mol. The summed E-state index contributed by atoms with van der Waals surface area (Å²) in [5, 5.41) is 10.2. The molecule has 1 rings (SSSR count). The van der Waals surface area contributed by atoms with Gasteiger partial charge in [0, 0.05) is 13.3 Å². The quantitative estimate of drug-likeness (QED) is 0.333. The maximum absolute atomic E-state index is 13.4. The molecule has 12 nitrogen and oxygen atoms in total. The lowest BCUT2D eigenvalue weighted by Crippen LogP contribution is -2.60. The molecule has 0 saturated carbocycles. The lowest BCUT2D eigenvalue weighted by Gasteiger charge is -2.31. The Morgan fingerprint density at radius 1 is 1.06 bits per heavy atom.